The first kappa shape index (κ1) is 15.6. The smallest absolute Gasteiger partial charge is 0.193 e. The summed E-state index contributed by atoms with van der Waals surface area (Å²) in [6, 6.07) is 21.6. The summed E-state index contributed by atoms with van der Waals surface area (Å²) in [5, 5.41) is 0. The van der Waals surface area contributed by atoms with Gasteiger partial charge in [0.1, 0.15) is 11.5 Å². The van der Waals surface area contributed by atoms with Gasteiger partial charge in [0.05, 0.1) is 0 Å². The van der Waals surface area contributed by atoms with Crippen LogP contribution in [-0.2, 0) is 0 Å². The van der Waals surface area contributed by atoms with Crippen molar-refractivity contribution in [1.82, 2.24) is 9.38 Å². The molecule has 4 aromatic rings. The van der Waals surface area contributed by atoms with E-state index in [1.54, 1.807) is 22.9 Å². The lowest BCUT2D eigenvalue weighted by atomic mass is 10.0. The average Bonchev–Trinajstić information content (AvgIpc) is 3.11. The van der Waals surface area contributed by atoms with Gasteiger partial charge < -0.3 is 4.40 Å². The Balaban J connectivity index is 0.000000149. The Labute approximate surface area is 139 Å². The number of nitrogens with zero attached hydrogens (tertiary/aromatic N) is 2. The second-order valence-electron chi connectivity index (χ2n) is 5.10. The molecule has 0 atom stereocenters. The largest absolute Gasteiger partial charge is 0.304 e. The fourth-order valence-electron chi connectivity index (χ4n) is 2.24. The molecule has 0 saturated carbocycles. The molecular weight excluding hydrogens is 303 g/mol. The van der Waals surface area contributed by atoms with Gasteiger partial charge in [0.2, 0.25) is 0 Å². The first-order valence-electron chi connectivity index (χ1n) is 7.47. The number of fused-ring (bicyclic) bond motifs is 1. The zero-order valence-electron chi connectivity index (χ0n) is 12.8. The number of hydrogen-bond acceptors (Lipinski definition) is 2. The molecule has 0 saturated heterocycles. The van der Waals surface area contributed by atoms with Crippen LogP contribution in [-0.4, -0.2) is 15.2 Å². The first-order chi connectivity index (χ1) is 11.7. The van der Waals surface area contributed by atoms with Crippen molar-refractivity contribution < 1.29 is 9.18 Å². The summed E-state index contributed by atoms with van der Waals surface area (Å²) in [6.07, 6.45) is 4.73. The van der Waals surface area contributed by atoms with Crippen LogP contribution in [0.4, 0.5) is 4.39 Å². The van der Waals surface area contributed by atoms with Crippen LogP contribution in [0.15, 0.2) is 91.4 Å². The molecule has 0 radical (unpaired) electrons. The van der Waals surface area contributed by atoms with Crippen LogP contribution < -0.4 is 0 Å². The van der Waals surface area contributed by atoms with Gasteiger partial charge in [-0.15, -0.1) is 0 Å². The fourth-order valence-corrected chi connectivity index (χ4v) is 2.24. The van der Waals surface area contributed by atoms with E-state index in [9.17, 15) is 9.18 Å². The van der Waals surface area contributed by atoms with Crippen LogP contribution in [0.2, 0.25) is 0 Å². The van der Waals surface area contributed by atoms with Crippen LogP contribution in [0, 0.1) is 5.82 Å². The van der Waals surface area contributed by atoms with Crippen molar-refractivity contribution in [2.24, 2.45) is 0 Å². The van der Waals surface area contributed by atoms with Gasteiger partial charge in [0, 0.05) is 29.7 Å². The van der Waals surface area contributed by atoms with Crippen LogP contribution in [0.3, 0.4) is 0 Å². The number of rotatable bonds is 2. The Morgan fingerprint density at radius 3 is 2.00 bits per heavy atom. The predicted octanol–water partition coefficient (Wildman–Crippen LogP) is 4.39. The Kier molecular flexibility index (Phi) is 4.77. The molecule has 0 aliphatic rings. The van der Waals surface area contributed by atoms with Gasteiger partial charge in [-0.3, -0.25) is 4.79 Å². The molecule has 118 valence electrons. The molecule has 0 fully saturated rings. The van der Waals surface area contributed by atoms with E-state index in [4.69, 9.17) is 0 Å². The molecular formula is C20H15FN2O. The predicted molar refractivity (Wildman–Crippen MR) is 91.5 cm³/mol. The topological polar surface area (TPSA) is 34.4 Å². The Morgan fingerprint density at radius 1 is 0.833 bits per heavy atom. The summed E-state index contributed by atoms with van der Waals surface area (Å²) in [5.74, 6) is -0.170. The summed E-state index contributed by atoms with van der Waals surface area (Å²) in [6.45, 7) is 0. The summed E-state index contributed by atoms with van der Waals surface area (Å²) >= 11 is 0. The van der Waals surface area contributed by atoms with E-state index < -0.39 is 0 Å². The molecule has 3 nitrogen and oxygen atoms in total. The lowest BCUT2D eigenvalue weighted by Crippen LogP contribution is -1.99. The number of imidazole rings is 1. The minimum atomic E-state index is -0.245. The van der Waals surface area contributed by atoms with Crippen LogP contribution >= 0.6 is 0 Å². The van der Waals surface area contributed by atoms with Gasteiger partial charge in [-0.2, -0.15) is 0 Å². The Morgan fingerprint density at radius 2 is 1.42 bits per heavy atom. The monoisotopic (exact) mass is 318 g/mol. The molecule has 0 N–H and O–H groups in total. The van der Waals surface area contributed by atoms with Gasteiger partial charge in [0.15, 0.2) is 5.78 Å². The molecule has 24 heavy (non-hydrogen) atoms. The number of hydrogen-bond donors (Lipinski definition) is 0. The lowest BCUT2D eigenvalue weighted by Gasteiger charge is -1.99. The standard InChI is InChI=1S/C13H10O.C7H5FN2/c14-13(11-7-3-1-4-8-11)12-9-5-2-6-10-12;8-6-1-2-7-9-3-4-10(7)5-6/h1-10H;1-5H. The second-order valence-corrected chi connectivity index (χ2v) is 5.10. The normalized spacial score (nSPS) is 10.0. The minimum absolute atomic E-state index is 0.0752. The van der Waals surface area contributed by atoms with Crippen molar-refractivity contribution in [3.05, 3.63) is 108 Å². The van der Waals surface area contributed by atoms with Crippen molar-refractivity contribution in [3.8, 4) is 0 Å². The van der Waals surface area contributed by atoms with Crippen molar-refractivity contribution in [2.45, 2.75) is 0 Å². The molecule has 0 aliphatic carbocycles. The molecule has 2 heterocycles. The van der Waals surface area contributed by atoms with E-state index in [1.807, 2.05) is 60.7 Å². The van der Waals surface area contributed by atoms with Gasteiger partial charge >= 0.3 is 0 Å². The third-order valence-electron chi connectivity index (χ3n) is 3.42. The van der Waals surface area contributed by atoms with Crippen molar-refractivity contribution in [3.63, 3.8) is 0 Å². The van der Waals surface area contributed by atoms with Crippen LogP contribution in [0.5, 0.6) is 0 Å². The Hall–Kier alpha value is -3.27. The second kappa shape index (κ2) is 7.33. The van der Waals surface area contributed by atoms with E-state index in [0.29, 0.717) is 0 Å². The summed E-state index contributed by atoms with van der Waals surface area (Å²) in [4.78, 5) is 15.8. The number of halogens is 1. The SMILES string of the molecule is Fc1ccc2nccn2c1.O=C(c1ccccc1)c1ccccc1. The van der Waals surface area contributed by atoms with Gasteiger partial charge in [-0.05, 0) is 12.1 Å². The quantitative estimate of drug-likeness (QED) is 0.514. The highest BCUT2D eigenvalue weighted by atomic mass is 19.1. The van der Waals surface area contributed by atoms with E-state index in [0.717, 1.165) is 16.8 Å². The van der Waals surface area contributed by atoms with Crippen molar-refractivity contribution in [2.75, 3.05) is 0 Å². The maximum absolute atomic E-state index is 12.5. The molecule has 0 bridgehead atoms. The lowest BCUT2D eigenvalue weighted by molar-refractivity contribution is 0.103. The summed E-state index contributed by atoms with van der Waals surface area (Å²) < 4.78 is 14.1. The zero-order valence-corrected chi connectivity index (χ0v) is 12.8. The molecule has 0 spiro atoms. The molecule has 2 aromatic carbocycles. The number of ketones is 1. The first-order valence-corrected chi connectivity index (χ1v) is 7.47. The summed E-state index contributed by atoms with van der Waals surface area (Å²) in [5.41, 5.74) is 2.24. The van der Waals surface area contributed by atoms with E-state index in [-0.39, 0.29) is 11.6 Å². The van der Waals surface area contributed by atoms with E-state index in [1.165, 1.54) is 12.3 Å². The number of pyridine rings is 1. The fraction of sp³-hybridized carbons (Fsp3) is 0. The number of benzene rings is 2. The maximum Gasteiger partial charge on any atom is 0.193 e. The van der Waals surface area contributed by atoms with Crippen LogP contribution in [0.1, 0.15) is 15.9 Å². The van der Waals surface area contributed by atoms with Crippen molar-refractivity contribution >= 4 is 11.4 Å². The summed E-state index contributed by atoms with van der Waals surface area (Å²) in [7, 11) is 0. The number of carbonyl (C=O) groups is 1. The zero-order chi connectivity index (χ0) is 16.8. The van der Waals surface area contributed by atoms with Gasteiger partial charge in [0.25, 0.3) is 0 Å². The maximum atomic E-state index is 12.5. The third-order valence-corrected chi connectivity index (χ3v) is 3.42. The van der Waals surface area contributed by atoms with E-state index in [2.05, 4.69) is 4.98 Å². The number of aromatic nitrogens is 2. The molecule has 0 aliphatic heterocycles. The third kappa shape index (κ3) is 3.73. The van der Waals surface area contributed by atoms with Gasteiger partial charge in [-0.25, -0.2) is 9.37 Å². The molecule has 2 aromatic heterocycles. The highest BCUT2D eigenvalue weighted by molar-refractivity contribution is 6.08. The molecule has 0 unspecified atom stereocenters. The number of carbonyl (C=O) groups excluding carboxylic acids is 1. The minimum Gasteiger partial charge on any atom is -0.304 e. The molecule has 0 amide bonds. The van der Waals surface area contributed by atoms with Gasteiger partial charge in [-0.1, -0.05) is 60.7 Å². The average molecular weight is 318 g/mol. The highest BCUT2D eigenvalue weighted by Crippen LogP contribution is 2.08. The van der Waals surface area contributed by atoms with Crippen molar-refractivity contribution in [1.29, 1.82) is 0 Å². The highest BCUT2D eigenvalue weighted by Gasteiger charge is 2.06. The van der Waals surface area contributed by atoms with E-state index >= 15 is 0 Å². The molecule has 4 rings (SSSR count). The molecule has 4 heteroatoms. The Bertz CT molecular complexity index is 892. The van der Waals surface area contributed by atoms with Crippen LogP contribution in [0.25, 0.3) is 5.65 Å².